The number of aromatic carboxylic acids is 1. The summed E-state index contributed by atoms with van der Waals surface area (Å²) in [5.41, 5.74) is 1.57. The van der Waals surface area contributed by atoms with Gasteiger partial charge in [0.2, 0.25) is 0 Å². The molecule has 0 aromatic carbocycles. The van der Waals surface area contributed by atoms with Crippen molar-refractivity contribution in [3.8, 4) is 10.6 Å². The molecule has 5 rings (SSSR count). The van der Waals surface area contributed by atoms with E-state index in [1.54, 1.807) is 16.7 Å². The van der Waals surface area contributed by atoms with Crippen LogP contribution in [-0.4, -0.2) is 61.8 Å². The number of thiophene rings is 1. The predicted octanol–water partition coefficient (Wildman–Crippen LogP) is 4.76. The highest BCUT2D eigenvalue weighted by Crippen LogP contribution is 2.32. The van der Waals surface area contributed by atoms with Crippen LogP contribution in [-0.2, 0) is 6.54 Å². The number of carbonyl (C=O) groups excluding carboxylic acids is 1. The van der Waals surface area contributed by atoms with Crippen LogP contribution in [0.4, 0.5) is 0 Å². The maximum Gasteiger partial charge on any atom is 0.337 e. The molecule has 1 amide bonds. The van der Waals surface area contributed by atoms with E-state index in [0.717, 1.165) is 30.8 Å². The van der Waals surface area contributed by atoms with Gasteiger partial charge in [-0.05, 0) is 51.0 Å². The molecule has 2 N–H and O–H groups in total. The lowest BCUT2D eigenvalue weighted by Crippen LogP contribution is -2.46. The molecule has 0 atom stereocenters. The summed E-state index contributed by atoms with van der Waals surface area (Å²) in [5.74, 6) is -0.708. The number of nitrogens with one attached hydrogen (secondary N) is 1. The number of aromatic nitrogens is 3. The van der Waals surface area contributed by atoms with Gasteiger partial charge in [0.25, 0.3) is 5.91 Å². The number of likely N-dealkylation sites (tertiary alicyclic amines) is 1. The summed E-state index contributed by atoms with van der Waals surface area (Å²) in [7, 11) is 0. The zero-order chi connectivity index (χ0) is 25.4. The molecule has 5 heterocycles. The van der Waals surface area contributed by atoms with Gasteiger partial charge in [-0.2, -0.15) is 0 Å². The first-order valence-electron chi connectivity index (χ1n) is 11.8. The van der Waals surface area contributed by atoms with Gasteiger partial charge in [0, 0.05) is 42.8 Å². The molecule has 0 radical (unpaired) electrons. The number of carboxylic acids is 1. The van der Waals surface area contributed by atoms with E-state index in [1.165, 1.54) is 23.6 Å². The van der Waals surface area contributed by atoms with Crippen molar-refractivity contribution in [2.75, 3.05) is 13.1 Å². The van der Waals surface area contributed by atoms with Crippen LogP contribution in [0.3, 0.4) is 0 Å². The third kappa shape index (κ3) is 5.02. The van der Waals surface area contributed by atoms with Crippen LogP contribution in [0.2, 0.25) is 4.34 Å². The quantitative estimate of drug-likeness (QED) is 0.356. The molecule has 1 aliphatic rings. The Kier molecular flexibility index (Phi) is 6.83. The minimum Gasteiger partial charge on any atom is -0.478 e. The molecular formula is C25H26ClN5O4S. The summed E-state index contributed by atoms with van der Waals surface area (Å²) in [5, 5.41) is 17.3. The van der Waals surface area contributed by atoms with Crippen molar-refractivity contribution in [2.24, 2.45) is 0 Å². The summed E-state index contributed by atoms with van der Waals surface area (Å²) in [6.07, 6.45) is 3.05. The SMILES string of the molecule is CC(C)N1CCC(NC(=O)c2cc3cc(C(=O)O)cnc3n2Cc2cc(-c3ccc(Cl)s3)on2)CC1. The third-order valence-corrected chi connectivity index (χ3v) is 7.75. The number of carbonyl (C=O) groups is 2. The Bertz CT molecular complexity index is 1420. The number of rotatable bonds is 7. The van der Waals surface area contributed by atoms with Gasteiger partial charge >= 0.3 is 5.97 Å². The van der Waals surface area contributed by atoms with E-state index in [4.69, 9.17) is 16.1 Å². The fourth-order valence-electron chi connectivity index (χ4n) is 4.54. The second-order valence-corrected chi connectivity index (χ2v) is 10.9. The summed E-state index contributed by atoms with van der Waals surface area (Å²) >= 11 is 7.43. The number of nitrogens with zero attached hydrogens (tertiary/aromatic N) is 4. The molecule has 188 valence electrons. The molecule has 0 bridgehead atoms. The fraction of sp³-hybridized carbons (Fsp3) is 0.360. The van der Waals surface area contributed by atoms with Gasteiger partial charge in [0.1, 0.15) is 17.0 Å². The molecule has 4 aromatic rings. The predicted molar refractivity (Wildman–Crippen MR) is 138 cm³/mol. The molecule has 0 aliphatic carbocycles. The first-order chi connectivity index (χ1) is 17.3. The highest BCUT2D eigenvalue weighted by molar-refractivity contribution is 7.19. The molecule has 36 heavy (non-hydrogen) atoms. The van der Waals surface area contributed by atoms with E-state index in [2.05, 4.69) is 34.2 Å². The third-order valence-electron chi connectivity index (χ3n) is 6.50. The van der Waals surface area contributed by atoms with Crippen LogP contribution in [0.25, 0.3) is 21.7 Å². The lowest BCUT2D eigenvalue weighted by Gasteiger charge is -2.34. The number of carboxylic acid groups (broad SMARTS) is 1. The minimum atomic E-state index is -1.07. The van der Waals surface area contributed by atoms with E-state index in [-0.39, 0.29) is 24.1 Å². The number of piperidine rings is 1. The number of amides is 1. The molecular weight excluding hydrogens is 502 g/mol. The van der Waals surface area contributed by atoms with Crippen LogP contribution < -0.4 is 5.32 Å². The Morgan fingerprint density at radius 2 is 2.03 bits per heavy atom. The Morgan fingerprint density at radius 1 is 1.25 bits per heavy atom. The Labute approximate surface area is 216 Å². The van der Waals surface area contributed by atoms with E-state index in [1.807, 2.05) is 12.1 Å². The van der Waals surface area contributed by atoms with E-state index in [9.17, 15) is 14.7 Å². The van der Waals surface area contributed by atoms with Crippen LogP contribution in [0.5, 0.6) is 0 Å². The maximum absolute atomic E-state index is 13.4. The molecule has 0 unspecified atom stereocenters. The average molecular weight is 528 g/mol. The minimum absolute atomic E-state index is 0.0611. The number of hydrogen-bond donors (Lipinski definition) is 2. The highest BCUT2D eigenvalue weighted by atomic mass is 35.5. The molecule has 0 saturated carbocycles. The molecule has 1 aliphatic heterocycles. The van der Waals surface area contributed by atoms with Gasteiger partial charge < -0.3 is 24.4 Å². The van der Waals surface area contributed by atoms with Crippen molar-refractivity contribution in [3.63, 3.8) is 0 Å². The van der Waals surface area contributed by atoms with Crippen LogP contribution >= 0.6 is 22.9 Å². The molecule has 11 heteroatoms. The first kappa shape index (κ1) is 24.5. The van der Waals surface area contributed by atoms with Gasteiger partial charge in [-0.3, -0.25) is 4.79 Å². The van der Waals surface area contributed by atoms with Crippen molar-refractivity contribution in [1.82, 2.24) is 24.9 Å². The van der Waals surface area contributed by atoms with Gasteiger partial charge in [-0.15, -0.1) is 11.3 Å². The smallest absolute Gasteiger partial charge is 0.337 e. The van der Waals surface area contributed by atoms with E-state index in [0.29, 0.717) is 38.6 Å². The Hall–Kier alpha value is -3.21. The lowest BCUT2D eigenvalue weighted by molar-refractivity contribution is 0.0696. The lowest BCUT2D eigenvalue weighted by atomic mass is 10.0. The van der Waals surface area contributed by atoms with Gasteiger partial charge in [0.15, 0.2) is 5.76 Å². The second kappa shape index (κ2) is 10.0. The van der Waals surface area contributed by atoms with Crippen molar-refractivity contribution in [2.45, 2.75) is 45.3 Å². The van der Waals surface area contributed by atoms with Crippen LogP contribution in [0, 0.1) is 0 Å². The number of pyridine rings is 1. The number of fused-ring (bicyclic) bond motifs is 1. The zero-order valence-electron chi connectivity index (χ0n) is 19.9. The second-order valence-electron chi connectivity index (χ2n) is 9.22. The van der Waals surface area contributed by atoms with Gasteiger partial charge in [-0.1, -0.05) is 16.8 Å². The van der Waals surface area contributed by atoms with E-state index < -0.39 is 5.97 Å². The normalized spacial score (nSPS) is 15.1. The van der Waals surface area contributed by atoms with Crippen molar-refractivity contribution >= 4 is 45.8 Å². The van der Waals surface area contributed by atoms with Crippen LogP contribution in [0.1, 0.15) is 53.2 Å². The summed E-state index contributed by atoms with van der Waals surface area (Å²) < 4.78 is 7.91. The van der Waals surface area contributed by atoms with Crippen molar-refractivity contribution in [3.05, 3.63) is 57.8 Å². The Balaban J connectivity index is 1.43. The molecule has 9 nitrogen and oxygen atoms in total. The highest BCUT2D eigenvalue weighted by Gasteiger charge is 2.25. The topological polar surface area (TPSA) is 113 Å². The Morgan fingerprint density at radius 3 is 2.69 bits per heavy atom. The first-order valence-corrected chi connectivity index (χ1v) is 13.0. The van der Waals surface area contributed by atoms with Gasteiger partial charge in [0.05, 0.1) is 21.3 Å². The summed E-state index contributed by atoms with van der Waals surface area (Å²) in [4.78, 5) is 32.5. The number of halogens is 1. The maximum atomic E-state index is 13.4. The standard InChI is InChI=1S/C25H26ClN5O4S/c1-14(2)30-7-5-17(6-8-30)28-24(32)19-10-15-9-16(25(33)34)12-27-23(15)31(19)13-18-11-20(35-29-18)21-3-4-22(26)36-21/h3-4,9-12,14,17H,5-8,13H2,1-2H3,(H,28,32)(H,33,34). The largest absolute Gasteiger partial charge is 0.478 e. The van der Waals surface area contributed by atoms with Crippen molar-refractivity contribution in [1.29, 1.82) is 0 Å². The average Bonchev–Trinajstić information content (AvgIpc) is 3.58. The van der Waals surface area contributed by atoms with Crippen LogP contribution in [0.15, 0.2) is 41.1 Å². The summed E-state index contributed by atoms with van der Waals surface area (Å²) in [6.45, 7) is 6.46. The fourth-order valence-corrected chi connectivity index (χ4v) is 5.53. The molecule has 4 aromatic heterocycles. The summed E-state index contributed by atoms with van der Waals surface area (Å²) in [6, 6.07) is 9.24. The van der Waals surface area contributed by atoms with E-state index >= 15 is 0 Å². The van der Waals surface area contributed by atoms with Crippen molar-refractivity contribution < 1.29 is 19.2 Å². The molecule has 1 fully saturated rings. The number of hydrogen-bond acceptors (Lipinski definition) is 7. The monoisotopic (exact) mass is 527 g/mol. The molecule has 0 spiro atoms. The van der Waals surface area contributed by atoms with Gasteiger partial charge in [-0.25, -0.2) is 9.78 Å². The zero-order valence-corrected chi connectivity index (χ0v) is 21.5. The molecule has 1 saturated heterocycles.